The summed E-state index contributed by atoms with van der Waals surface area (Å²) in [6.07, 6.45) is 5.60. The van der Waals surface area contributed by atoms with Crippen molar-refractivity contribution in [2.45, 2.75) is 20.4 Å². The van der Waals surface area contributed by atoms with Gasteiger partial charge in [-0.05, 0) is 5.92 Å². The topological polar surface area (TPSA) is 39.1 Å². The van der Waals surface area contributed by atoms with Gasteiger partial charge in [-0.2, -0.15) is 0 Å². The molecule has 0 aromatic carbocycles. The molecule has 1 heterocycles. The van der Waals surface area contributed by atoms with Gasteiger partial charge in [0.25, 0.3) is 0 Å². The first kappa shape index (κ1) is 12.2. The molecule has 4 nitrogen and oxygen atoms in total. The van der Waals surface area contributed by atoms with E-state index in [1.165, 1.54) is 0 Å². The van der Waals surface area contributed by atoms with Crippen LogP contribution in [0, 0.1) is 5.92 Å². The van der Waals surface area contributed by atoms with Crippen LogP contribution >= 0.6 is 0 Å². The lowest BCUT2D eigenvalue weighted by molar-refractivity contribution is 0.112. The van der Waals surface area contributed by atoms with Crippen LogP contribution in [-0.2, 0) is 11.3 Å². The highest BCUT2D eigenvalue weighted by molar-refractivity contribution is 4.73. The van der Waals surface area contributed by atoms with Gasteiger partial charge in [0.15, 0.2) is 0 Å². The third-order valence-corrected chi connectivity index (χ3v) is 1.98. The molecule has 1 aromatic heterocycles. The van der Waals surface area contributed by atoms with E-state index in [-0.39, 0.29) is 0 Å². The number of rotatable bonds is 8. The molecule has 0 amide bonds. The van der Waals surface area contributed by atoms with E-state index in [0.29, 0.717) is 5.92 Å². The van der Waals surface area contributed by atoms with Crippen molar-refractivity contribution in [3.63, 3.8) is 0 Å². The van der Waals surface area contributed by atoms with Crippen molar-refractivity contribution < 1.29 is 4.74 Å². The maximum atomic E-state index is 5.45. The van der Waals surface area contributed by atoms with E-state index in [1.54, 1.807) is 6.20 Å². The van der Waals surface area contributed by atoms with Gasteiger partial charge in [-0.25, -0.2) is 4.98 Å². The highest BCUT2D eigenvalue weighted by Crippen LogP contribution is 1.91. The van der Waals surface area contributed by atoms with Crippen LogP contribution in [0.1, 0.15) is 13.8 Å². The molecular formula is C11H21N3O. The predicted molar refractivity (Wildman–Crippen MR) is 60.8 cm³/mol. The summed E-state index contributed by atoms with van der Waals surface area (Å²) in [5.41, 5.74) is 0. The summed E-state index contributed by atoms with van der Waals surface area (Å²) >= 11 is 0. The fourth-order valence-electron chi connectivity index (χ4n) is 1.22. The maximum absolute atomic E-state index is 5.45. The second-order valence-electron chi connectivity index (χ2n) is 4.02. The minimum absolute atomic E-state index is 0.621. The van der Waals surface area contributed by atoms with Gasteiger partial charge in [-0.15, -0.1) is 0 Å². The minimum Gasteiger partial charge on any atom is -0.380 e. The van der Waals surface area contributed by atoms with E-state index >= 15 is 0 Å². The van der Waals surface area contributed by atoms with E-state index in [1.807, 2.05) is 12.5 Å². The number of imidazole rings is 1. The first-order valence-corrected chi connectivity index (χ1v) is 5.53. The molecule has 1 N–H and O–H groups in total. The molecule has 4 heteroatoms. The number of aromatic nitrogens is 2. The lowest BCUT2D eigenvalue weighted by atomic mass is 10.2. The van der Waals surface area contributed by atoms with E-state index in [9.17, 15) is 0 Å². The van der Waals surface area contributed by atoms with Gasteiger partial charge in [-0.1, -0.05) is 13.8 Å². The summed E-state index contributed by atoms with van der Waals surface area (Å²) in [4.78, 5) is 3.98. The van der Waals surface area contributed by atoms with E-state index < -0.39 is 0 Å². The van der Waals surface area contributed by atoms with Gasteiger partial charge in [0.1, 0.15) is 0 Å². The Morgan fingerprint density at radius 1 is 1.40 bits per heavy atom. The number of hydrogen-bond donors (Lipinski definition) is 1. The zero-order valence-electron chi connectivity index (χ0n) is 9.65. The van der Waals surface area contributed by atoms with Crippen molar-refractivity contribution in [2.24, 2.45) is 5.92 Å². The van der Waals surface area contributed by atoms with Crippen molar-refractivity contribution in [1.82, 2.24) is 14.9 Å². The monoisotopic (exact) mass is 211 g/mol. The third kappa shape index (κ3) is 6.25. The van der Waals surface area contributed by atoms with Gasteiger partial charge in [-0.3, -0.25) is 0 Å². The van der Waals surface area contributed by atoms with Crippen molar-refractivity contribution in [3.8, 4) is 0 Å². The zero-order chi connectivity index (χ0) is 10.9. The molecule has 86 valence electrons. The van der Waals surface area contributed by atoms with Crippen LogP contribution < -0.4 is 5.32 Å². The summed E-state index contributed by atoms with van der Waals surface area (Å²) in [5, 5.41) is 3.32. The molecule has 0 bridgehead atoms. The molecule has 0 spiro atoms. The molecule has 0 radical (unpaired) electrons. The van der Waals surface area contributed by atoms with E-state index in [0.717, 1.165) is 32.8 Å². The molecule has 0 saturated heterocycles. The number of nitrogens with zero attached hydrogens (tertiary/aromatic N) is 2. The van der Waals surface area contributed by atoms with E-state index in [4.69, 9.17) is 4.74 Å². The minimum atomic E-state index is 0.621. The molecule has 0 fully saturated rings. The van der Waals surface area contributed by atoms with Gasteiger partial charge in [0.05, 0.1) is 12.9 Å². The molecule has 15 heavy (non-hydrogen) atoms. The Hall–Kier alpha value is -0.870. The molecular weight excluding hydrogens is 190 g/mol. The first-order valence-electron chi connectivity index (χ1n) is 5.53. The maximum Gasteiger partial charge on any atom is 0.0946 e. The van der Waals surface area contributed by atoms with Crippen LogP contribution in [0.15, 0.2) is 18.7 Å². The van der Waals surface area contributed by atoms with E-state index in [2.05, 4.69) is 28.7 Å². The summed E-state index contributed by atoms with van der Waals surface area (Å²) in [7, 11) is 0. The second kappa shape index (κ2) is 7.43. The Morgan fingerprint density at radius 3 is 2.93 bits per heavy atom. The first-order chi connectivity index (χ1) is 7.29. The summed E-state index contributed by atoms with van der Waals surface area (Å²) in [5.74, 6) is 0.621. The molecule has 1 rings (SSSR count). The van der Waals surface area contributed by atoms with Crippen molar-refractivity contribution in [1.29, 1.82) is 0 Å². The lowest BCUT2D eigenvalue weighted by Crippen LogP contribution is -2.24. The van der Waals surface area contributed by atoms with Crippen molar-refractivity contribution >= 4 is 0 Å². The Morgan fingerprint density at radius 2 is 2.27 bits per heavy atom. The van der Waals surface area contributed by atoms with Gasteiger partial charge < -0.3 is 14.6 Å². The summed E-state index contributed by atoms with van der Waals surface area (Å²) < 4.78 is 7.51. The number of nitrogens with one attached hydrogen (secondary N) is 1. The largest absolute Gasteiger partial charge is 0.380 e. The van der Waals surface area contributed by atoms with Crippen LogP contribution in [0.2, 0.25) is 0 Å². The molecule has 1 aromatic rings. The summed E-state index contributed by atoms with van der Waals surface area (Å²) in [6.45, 7) is 8.80. The van der Waals surface area contributed by atoms with Crippen LogP contribution in [0.4, 0.5) is 0 Å². The summed E-state index contributed by atoms with van der Waals surface area (Å²) in [6, 6.07) is 0. The number of ether oxygens (including phenoxy) is 1. The van der Waals surface area contributed by atoms with Crippen molar-refractivity contribution in [2.75, 3.05) is 26.3 Å². The normalized spacial score (nSPS) is 11.1. The highest BCUT2D eigenvalue weighted by Gasteiger charge is 1.93. The SMILES string of the molecule is CC(C)COCCNCCn1ccnc1. The van der Waals surface area contributed by atoms with Crippen LogP contribution in [-0.4, -0.2) is 35.9 Å². The zero-order valence-corrected chi connectivity index (χ0v) is 9.65. The van der Waals surface area contributed by atoms with Gasteiger partial charge in [0.2, 0.25) is 0 Å². The smallest absolute Gasteiger partial charge is 0.0946 e. The molecule has 0 atom stereocenters. The predicted octanol–water partition coefficient (Wildman–Crippen LogP) is 1.15. The fourth-order valence-corrected chi connectivity index (χ4v) is 1.22. The van der Waals surface area contributed by atoms with Gasteiger partial charge >= 0.3 is 0 Å². The highest BCUT2D eigenvalue weighted by atomic mass is 16.5. The van der Waals surface area contributed by atoms with Gasteiger partial charge in [0, 0.05) is 38.6 Å². The molecule has 0 unspecified atom stereocenters. The molecule has 0 aliphatic heterocycles. The quantitative estimate of drug-likeness (QED) is 0.656. The lowest BCUT2D eigenvalue weighted by Gasteiger charge is -2.08. The standard InChI is InChI=1S/C11H21N3O/c1-11(2)9-15-8-5-12-3-6-14-7-4-13-10-14/h4,7,10-12H,3,5-6,8-9H2,1-2H3. The molecule has 0 saturated carbocycles. The van der Waals surface area contributed by atoms with Crippen LogP contribution in [0.25, 0.3) is 0 Å². The molecule has 0 aliphatic rings. The Labute approximate surface area is 91.7 Å². The fraction of sp³-hybridized carbons (Fsp3) is 0.727. The Bertz CT molecular complexity index is 234. The van der Waals surface area contributed by atoms with Crippen LogP contribution in [0.3, 0.4) is 0 Å². The van der Waals surface area contributed by atoms with Crippen molar-refractivity contribution in [3.05, 3.63) is 18.7 Å². The number of hydrogen-bond acceptors (Lipinski definition) is 3. The van der Waals surface area contributed by atoms with Crippen LogP contribution in [0.5, 0.6) is 0 Å². The molecule has 0 aliphatic carbocycles. The Kier molecular flexibility index (Phi) is 6.04. The third-order valence-electron chi connectivity index (χ3n) is 1.98. The Balaban J connectivity index is 1.85. The second-order valence-corrected chi connectivity index (χ2v) is 4.02. The average molecular weight is 211 g/mol. The average Bonchev–Trinajstić information content (AvgIpc) is 2.68.